The van der Waals surface area contributed by atoms with Crippen LogP contribution in [-0.4, -0.2) is 45.0 Å². The maximum atomic E-state index is 12.2. The molecule has 4 rings (SSSR count). The number of carbonyl (C=O) groups is 1. The molecule has 140 valence electrons. The molecule has 0 saturated carbocycles. The third-order valence-electron chi connectivity index (χ3n) is 4.63. The van der Waals surface area contributed by atoms with Crippen LogP contribution in [0.3, 0.4) is 0 Å². The first-order chi connectivity index (χ1) is 13.2. The fourth-order valence-electron chi connectivity index (χ4n) is 3.26. The largest absolute Gasteiger partial charge is 0.360 e. The Balaban J connectivity index is 1.31. The number of amides is 1. The summed E-state index contributed by atoms with van der Waals surface area (Å²) >= 11 is 1.62. The summed E-state index contributed by atoms with van der Waals surface area (Å²) in [6.45, 7) is 3.55. The average molecular weight is 382 g/mol. The van der Waals surface area contributed by atoms with Crippen LogP contribution < -0.4 is 10.2 Å². The second kappa shape index (κ2) is 7.87. The molecule has 1 unspecified atom stereocenters. The van der Waals surface area contributed by atoms with Crippen LogP contribution in [0.5, 0.6) is 0 Å². The van der Waals surface area contributed by atoms with E-state index < -0.39 is 0 Å². The highest BCUT2D eigenvalue weighted by molar-refractivity contribution is 7.09. The molecule has 1 saturated heterocycles. The summed E-state index contributed by atoms with van der Waals surface area (Å²) in [5.74, 6) is 0.783. The number of aromatic amines is 1. The zero-order chi connectivity index (χ0) is 18.6. The molecule has 27 heavy (non-hydrogen) atoms. The first-order valence-corrected chi connectivity index (χ1v) is 9.97. The first kappa shape index (κ1) is 17.7. The molecule has 0 spiro atoms. The lowest BCUT2D eigenvalue weighted by atomic mass is 10.2. The van der Waals surface area contributed by atoms with Gasteiger partial charge in [-0.05, 0) is 38.0 Å². The number of nitrogens with zero attached hydrogens (tertiary/aromatic N) is 4. The maximum Gasteiger partial charge on any atom is 0.225 e. The van der Waals surface area contributed by atoms with Crippen molar-refractivity contribution < 1.29 is 4.79 Å². The second-order valence-corrected chi connectivity index (χ2v) is 7.74. The summed E-state index contributed by atoms with van der Waals surface area (Å²) in [6, 6.07) is 5.96. The molecule has 8 heteroatoms. The first-order valence-electron chi connectivity index (χ1n) is 9.09. The summed E-state index contributed by atoms with van der Waals surface area (Å²) in [6.07, 6.45) is 5.72. The predicted octanol–water partition coefficient (Wildman–Crippen LogP) is 2.56. The van der Waals surface area contributed by atoms with Gasteiger partial charge in [-0.1, -0.05) is 0 Å². The van der Waals surface area contributed by atoms with Gasteiger partial charge in [-0.25, -0.2) is 15.0 Å². The number of nitrogens with one attached hydrogen (secondary N) is 2. The van der Waals surface area contributed by atoms with Crippen LogP contribution in [0.2, 0.25) is 0 Å². The topological polar surface area (TPSA) is 86.8 Å². The molecule has 7 nitrogen and oxygen atoms in total. The monoisotopic (exact) mass is 382 g/mol. The Labute approximate surface area is 161 Å². The van der Waals surface area contributed by atoms with E-state index in [1.54, 1.807) is 17.5 Å². The lowest BCUT2D eigenvalue weighted by Gasteiger charge is -2.17. The molecule has 3 aromatic heterocycles. The lowest BCUT2D eigenvalue weighted by molar-refractivity contribution is -0.121. The van der Waals surface area contributed by atoms with E-state index in [4.69, 9.17) is 0 Å². The third-order valence-corrected chi connectivity index (χ3v) is 5.45. The Hall–Kier alpha value is -2.74. The van der Waals surface area contributed by atoms with Crippen molar-refractivity contribution in [2.24, 2.45) is 0 Å². The lowest BCUT2D eigenvalue weighted by Crippen LogP contribution is -2.37. The molecule has 1 aliphatic heterocycles. The maximum absolute atomic E-state index is 12.2. The van der Waals surface area contributed by atoms with Crippen molar-refractivity contribution >= 4 is 23.2 Å². The van der Waals surface area contributed by atoms with E-state index in [0.717, 1.165) is 41.6 Å². The molecule has 4 heterocycles. The van der Waals surface area contributed by atoms with Gasteiger partial charge in [-0.2, -0.15) is 0 Å². The van der Waals surface area contributed by atoms with Gasteiger partial charge in [-0.3, -0.25) is 4.79 Å². The number of rotatable bonds is 6. The van der Waals surface area contributed by atoms with Gasteiger partial charge in [0.1, 0.15) is 0 Å². The molecule has 3 aromatic rings. The molecular formula is C19H22N6OS. The Kier molecular flexibility index (Phi) is 5.15. The Morgan fingerprint density at radius 3 is 3.11 bits per heavy atom. The SMILES string of the molecule is Cc1nc(CCC(=O)NC2CCN(c3nccc(-c4ccc[nH]4)n3)C2)cs1. The number of aromatic nitrogens is 4. The molecule has 1 amide bonds. The highest BCUT2D eigenvalue weighted by Gasteiger charge is 2.25. The Morgan fingerprint density at radius 1 is 1.41 bits per heavy atom. The minimum absolute atomic E-state index is 0.0774. The molecule has 2 N–H and O–H groups in total. The molecule has 1 fully saturated rings. The van der Waals surface area contributed by atoms with Crippen LogP contribution in [-0.2, 0) is 11.2 Å². The molecule has 0 bridgehead atoms. The van der Waals surface area contributed by atoms with Crippen LogP contribution in [0.1, 0.15) is 23.5 Å². The predicted molar refractivity (Wildman–Crippen MR) is 106 cm³/mol. The van der Waals surface area contributed by atoms with Crippen molar-refractivity contribution in [2.75, 3.05) is 18.0 Å². The van der Waals surface area contributed by atoms with Crippen molar-refractivity contribution in [3.63, 3.8) is 0 Å². The van der Waals surface area contributed by atoms with Gasteiger partial charge < -0.3 is 15.2 Å². The third kappa shape index (κ3) is 4.33. The molecule has 0 radical (unpaired) electrons. The summed E-state index contributed by atoms with van der Waals surface area (Å²) in [7, 11) is 0. The van der Waals surface area contributed by atoms with Crippen molar-refractivity contribution in [2.45, 2.75) is 32.2 Å². The van der Waals surface area contributed by atoms with E-state index in [2.05, 4.69) is 30.2 Å². The van der Waals surface area contributed by atoms with Crippen molar-refractivity contribution in [1.29, 1.82) is 0 Å². The second-order valence-electron chi connectivity index (χ2n) is 6.68. The average Bonchev–Trinajstić information content (AvgIpc) is 3.42. The number of hydrogen-bond donors (Lipinski definition) is 2. The number of anilines is 1. The van der Waals surface area contributed by atoms with Crippen LogP contribution in [0, 0.1) is 6.92 Å². The highest BCUT2D eigenvalue weighted by Crippen LogP contribution is 2.20. The Bertz CT molecular complexity index is 907. The number of aryl methyl sites for hydroxylation is 2. The van der Waals surface area contributed by atoms with Crippen LogP contribution in [0.4, 0.5) is 5.95 Å². The molecule has 0 aliphatic carbocycles. The fourth-order valence-corrected chi connectivity index (χ4v) is 3.91. The molecular weight excluding hydrogens is 360 g/mol. The van der Waals surface area contributed by atoms with Crippen LogP contribution in [0.15, 0.2) is 36.0 Å². The standard InChI is InChI=1S/C19H22N6OS/c1-13-22-15(12-27-13)4-5-18(26)23-14-7-10-25(11-14)19-21-9-6-17(24-19)16-3-2-8-20-16/h2-3,6,8-9,12,14,20H,4-5,7,10-11H2,1H3,(H,23,26). The van der Waals surface area contributed by atoms with Gasteiger partial charge >= 0.3 is 0 Å². The van der Waals surface area contributed by atoms with Gasteiger partial charge in [0.25, 0.3) is 0 Å². The summed E-state index contributed by atoms with van der Waals surface area (Å²) in [4.78, 5) is 31.0. The highest BCUT2D eigenvalue weighted by atomic mass is 32.1. The van der Waals surface area contributed by atoms with Gasteiger partial charge in [0, 0.05) is 43.3 Å². The smallest absolute Gasteiger partial charge is 0.225 e. The molecule has 0 aromatic carbocycles. The minimum atomic E-state index is 0.0774. The van der Waals surface area contributed by atoms with Gasteiger partial charge in [0.15, 0.2) is 0 Å². The van der Waals surface area contributed by atoms with Gasteiger partial charge in [0.2, 0.25) is 11.9 Å². The number of thiazole rings is 1. The van der Waals surface area contributed by atoms with Gasteiger partial charge in [0.05, 0.1) is 22.1 Å². The van der Waals surface area contributed by atoms with Crippen molar-refractivity contribution in [3.8, 4) is 11.4 Å². The quantitative estimate of drug-likeness (QED) is 0.684. The summed E-state index contributed by atoms with van der Waals surface area (Å²) < 4.78 is 0. The van der Waals surface area contributed by atoms with E-state index in [1.165, 1.54) is 0 Å². The van der Waals surface area contributed by atoms with Crippen LogP contribution in [0.25, 0.3) is 11.4 Å². The molecule has 1 aliphatic rings. The number of carbonyl (C=O) groups excluding carboxylic acids is 1. The Morgan fingerprint density at radius 2 is 2.33 bits per heavy atom. The van der Waals surface area contributed by atoms with E-state index in [1.807, 2.05) is 36.7 Å². The molecule has 1 atom stereocenters. The normalized spacial score (nSPS) is 16.6. The summed E-state index contributed by atoms with van der Waals surface area (Å²) in [5.41, 5.74) is 2.84. The van der Waals surface area contributed by atoms with Crippen LogP contribution >= 0.6 is 11.3 Å². The zero-order valence-electron chi connectivity index (χ0n) is 15.2. The van der Waals surface area contributed by atoms with E-state index in [0.29, 0.717) is 18.8 Å². The van der Waals surface area contributed by atoms with Crippen molar-refractivity contribution in [1.82, 2.24) is 25.3 Å². The fraction of sp³-hybridized carbons (Fsp3) is 0.368. The zero-order valence-corrected chi connectivity index (χ0v) is 16.0. The van der Waals surface area contributed by atoms with Gasteiger partial charge in [-0.15, -0.1) is 11.3 Å². The van der Waals surface area contributed by atoms with Crippen molar-refractivity contribution in [3.05, 3.63) is 46.7 Å². The van der Waals surface area contributed by atoms with E-state index in [9.17, 15) is 4.79 Å². The number of hydrogen-bond acceptors (Lipinski definition) is 6. The summed E-state index contributed by atoms with van der Waals surface area (Å²) in [5, 5.41) is 6.19. The van der Waals surface area contributed by atoms with E-state index in [-0.39, 0.29) is 11.9 Å². The van der Waals surface area contributed by atoms with E-state index >= 15 is 0 Å². The minimum Gasteiger partial charge on any atom is -0.360 e. The number of H-pyrrole nitrogens is 1.